The van der Waals surface area contributed by atoms with Gasteiger partial charge < -0.3 is 14.2 Å². The van der Waals surface area contributed by atoms with E-state index in [0.717, 1.165) is 0 Å². The molecule has 132 valence electrons. The van der Waals surface area contributed by atoms with E-state index >= 15 is 0 Å². The van der Waals surface area contributed by atoms with Crippen LogP contribution < -0.4 is 14.2 Å². The van der Waals surface area contributed by atoms with Crippen molar-refractivity contribution < 1.29 is 27.4 Å². The number of sulfonamides is 1. The van der Waals surface area contributed by atoms with Gasteiger partial charge in [0.25, 0.3) is 0 Å². The third-order valence-electron chi connectivity index (χ3n) is 3.55. The van der Waals surface area contributed by atoms with Crippen molar-refractivity contribution in [2.24, 2.45) is 0 Å². The molecule has 1 heterocycles. The number of hydrogen-bond acceptors (Lipinski definition) is 6. The SMILES string of the molecule is COC(=O)c1ccc(Cl)c(S(=O)(=O)NCc2ccc3c(c2)OCO3)c1. The molecule has 0 bridgehead atoms. The van der Waals surface area contributed by atoms with Crippen LogP contribution in [0.4, 0.5) is 0 Å². The summed E-state index contributed by atoms with van der Waals surface area (Å²) in [5, 5.41) is 0.00541. The molecule has 0 spiro atoms. The Labute approximate surface area is 149 Å². The van der Waals surface area contributed by atoms with Crippen molar-refractivity contribution in [1.82, 2.24) is 4.72 Å². The maximum atomic E-state index is 12.5. The van der Waals surface area contributed by atoms with E-state index in [2.05, 4.69) is 9.46 Å². The lowest BCUT2D eigenvalue weighted by Crippen LogP contribution is -2.24. The first-order valence-electron chi connectivity index (χ1n) is 7.17. The number of ether oxygens (including phenoxy) is 3. The smallest absolute Gasteiger partial charge is 0.337 e. The molecule has 1 N–H and O–H groups in total. The zero-order valence-corrected chi connectivity index (χ0v) is 14.7. The van der Waals surface area contributed by atoms with Gasteiger partial charge in [-0.2, -0.15) is 0 Å². The Morgan fingerprint density at radius 3 is 2.72 bits per heavy atom. The van der Waals surface area contributed by atoms with Crippen LogP contribution >= 0.6 is 11.6 Å². The second-order valence-electron chi connectivity index (χ2n) is 5.15. The number of carbonyl (C=O) groups is 1. The molecule has 2 aromatic rings. The van der Waals surface area contributed by atoms with Gasteiger partial charge in [0.05, 0.1) is 17.7 Å². The highest BCUT2D eigenvalue weighted by atomic mass is 35.5. The van der Waals surface area contributed by atoms with E-state index in [-0.39, 0.29) is 28.8 Å². The zero-order valence-electron chi connectivity index (χ0n) is 13.1. The molecule has 0 fully saturated rings. The molecule has 0 saturated carbocycles. The van der Waals surface area contributed by atoms with Crippen LogP contribution in [-0.4, -0.2) is 28.3 Å². The Kier molecular flexibility index (Phi) is 4.85. The summed E-state index contributed by atoms with van der Waals surface area (Å²) < 4.78 is 42.5. The van der Waals surface area contributed by atoms with Crippen LogP contribution in [0.15, 0.2) is 41.3 Å². The molecule has 3 rings (SSSR count). The zero-order chi connectivity index (χ0) is 18.0. The summed E-state index contributed by atoms with van der Waals surface area (Å²) in [5.74, 6) is 0.520. The molecule has 0 saturated heterocycles. The third-order valence-corrected chi connectivity index (χ3v) is 5.43. The lowest BCUT2D eigenvalue weighted by Gasteiger charge is -2.10. The van der Waals surface area contributed by atoms with Crippen LogP contribution in [0.3, 0.4) is 0 Å². The van der Waals surface area contributed by atoms with Crippen molar-refractivity contribution in [2.45, 2.75) is 11.4 Å². The van der Waals surface area contributed by atoms with E-state index < -0.39 is 16.0 Å². The predicted octanol–water partition coefficient (Wildman–Crippen LogP) is 2.33. The topological polar surface area (TPSA) is 90.9 Å². The van der Waals surface area contributed by atoms with Gasteiger partial charge in [-0.1, -0.05) is 17.7 Å². The van der Waals surface area contributed by atoms with Crippen LogP contribution in [0, 0.1) is 0 Å². The van der Waals surface area contributed by atoms with Crippen molar-refractivity contribution in [3.05, 3.63) is 52.5 Å². The highest BCUT2D eigenvalue weighted by Gasteiger charge is 2.21. The molecule has 0 atom stereocenters. The summed E-state index contributed by atoms with van der Waals surface area (Å²) in [6.45, 7) is 0.165. The monoisotopic (exact) mass is 383 g/mol. The number of hydrogen-bond donors (Lipinski definition) is 1. The summed E-state index contributed by atoms with van der Waals surface area (Å²) in [6.07, 6.45) is 0. The van der Waals surface area contributed by atoms with Crippen molar-refractivity contribution in [3.63, 3.8) is 0 Å². The highest BCUT2D eigenvalue weighted by molar-refractivity contribution is 7.89. The first kappa shape index (κ1) is 17.5. The minimum atomic E-state index is -3.93. The highest BCUT2D eigenvalue weighted by Crippen LogP contribution is 2.32. The van der Waals surface area contributed by atoms with Crippen molar-refractivity contribution in [1.29, 1.82) is 0 Å². The Morgan fingerprint density at radius 1 is 1.20 bits per heavy atom. The Morgan fingerprint density at radius 2 is 1.96 bits per heavy atom. The van der Waals surface area contributed by atoms with Gasteiger partial charge in [0.1, 0.15) is 4.90 Å². The number of esters is 1. The Balaban J connectivity index is 1.81. The fraction of sp³-hybridized carbons (Fsp3) is 0.188. The summed E-state index contributed by atoms with van der Waals surface area (Å²) in [7, 11) is -2.72. The van der Waals surface area contributed by atoms with Gasteiger partial charge in [-0.15, -0.1) is 0 Å². The van der Waals surface area contributed by atoms with Crippen LogP contribution in [0.25, 0.3) is 0 Å². The minimum absolute atomic E-state index is 0.00541. The molecule has 0 amide bonds. The molecule has 0 unspecified atom stereocenters. The molecule has 1 aliphatic rings. The quantitative estimate of drug-likeness (QED) is 0.797. The predicted molar refractivity (Wildman–Crippen MR) is 89.4 cm³/mol. The fourth-order valence-electron chi connectivity index (χ4n) is 2.26. The maximum Gasteiger partial charge on any atom is 0.337 e. The largest absolute Gasteiger partial charge is 0.465 e. The second-order valence-corrected chi connectivity index (χ2v) is 7.29. The van der Waals surface area contributed by atoms with E-state index in [1.807, 2.05) is 0 Å². The molecule has 2 aromatic carbocycles. The number of halogens is 1. The number of benzene rings is 2. The average Bonchev–Trinajstić information content (AvgIpc) is 3.07. The van der Waals surface area contributed by atoms with Gasteiger partial charge in [0, 0.05) is 6.54 Å². The first-order valence-corrected chi connectivity index (χ1v) is 9.03. The van der Waals surface area contributed by atoms with E-state index in [4.69, 9.17) is 21.1 Å². The minimum Gasteiger partial charge on any atom is -0.465 e. The number of rotatable bonds is 5. The van der Waals surface area contributed by atoms with Crippen molar-refractivity contribution >= 4 is 27.6 Å². The van der Waals surface area contributed by atoms with Gasteiger partial charge >= 0.3 is 5.97 Å². The first-order chi connectivity index (χ1) is 11.9. The summed E-state index contributed by atoms with van der Waals surface area (Å²) in [6, 6.07) is 9.03. The van der Waals surface area contributed by atoms with Crippen LogP contribution in [-0.2, 0) is 21.3 Å². The van der Waals surface area contributed by atoms with E-state index in [9.17, 15) is 13.2 Å². The number of methoxy groups -OCH3 is 1. The standard InChI is InChI=1S/C16H14ClNO6S/c1-22-16(19)11-3-4-12(17)15(7-11)25(20,21)18-8-10-2-5-13-14(6-10)24-9-23-13/h2-7,18H,8-9H2,1H3. The van der Waals surface area contributed by atoms with Crippen LogP contribution in [0.1, 0.15) is 15.9 Å². The Bertz CT molecular complexity index is 928. The molecule has 1 aliphatic heterocycles. The van der Waals surface area contributed by atoms with Gasteiger partial charge in [-0.25, -0.2) is 17.9 Å². The molecule has 0 aliphatic carbocycles. The second kappa shape index (κ2) is 6.91. The lowest BCUT2D eigenvalue weighted by atomic mass is 10.2. The Hall–Kier alpha value is -2.29. The molecule has 9 heteroatoms. The normalized spacial score (nSPS) is 12.9. The number of carbonyl (C=O) groups excluding carboxylic acids is 1. The molecule has 0 radical (unpaired) electrons. The number of fused-ring (bicyclic) bond motifs is 1. The van der Waals surface area contributed by atoms with E-state index in [1.54, 1.807) is 18.2 Å². The van der Waals surface area contributed by atoms with Crippen molar-refractivity contribution in [3.8, 4) is 11.5 Å². The number of nitrogens with one attached hydrogen (secondary N) is 1. The molecule has 25 heavy (non-hydrogen) atoms. The van der Waals surface area contributed by atoms with Crippen LogP contribution in [0.2, 0.25) is 5.02 Å². The van der Waals surface area contributed by atoms with Crippen molar-refractivity contribution in [2.75, 3.05) is 13.9 Å². The molecular weight excluding hydrogens is 370 g/mol. The average molecular weight is 384 g/mol. The third kappa shape index (κ3) is 3.71. The van der Waals surface area contributed by atoms with Crippen LogP contribution in [0.5, 0.6) is 11.5 Å². The van der Waals surface area contributed by atoms with E-state index in [0.29, 0.717) is 17.1 Å². The lowest BCUT2D eigenvalue weighted by molar-refractivity contribution is 0.0600. The maximum absolute atomic E-state index is 12.5. The summed E-state index contributed by atoms with van der Waals surface area (Å²) in [5.41, 5.74) is 0.781. The summed E-state index contributed by atoms with van der Waals surface area (Å²) in [4.78, 5) is 11.4. The van der Waals surface area contributed by atoms with Gasteiger partial charge in [0.15, 0.2) is 11.5 Å². The molecule has 0 aromatic heterocycles. The summed E-state index contributed by atoms with van der Waals surface area (Å²) >= 11 is 5.98. The van der Waals surface area contributed by atoms with Gasteiger partial charge in [-0.3, -0.25) is 0 Å². The molecular formula is C16H14ClNO6S. The molecule has 7 nitrogen and oxygen atoms in total. The van der Waals surface area contributed by atoms with Gasteiger partial charge in [-0.05, 0) is 35.9 Å². The van der Waals surface area contributed by atoms with Gasteiger partial charge in [0.2, 0.25) is 16.8 Å². The van der Waals surface area contributed by atoms with E-state index in [1.165, 1.54) is 25.3 Å². The fourth-order valence-corrected chi connectivity index (χ4v) is 3.80.